The van der Waals surface area contributed by atoms with Crippen LogP contribution in [0.2, 0.25) is 0 Å². The van der Waals surface area contributed by atoms with Crippen LogP contribution in [0.3, 0.4) is 0 Å². The zero-order chi connectivity index (χ0) is 42.5. The number of carbonyl (C=O) groups is 2. The van der Waals surface area contributed by atoms with Crippen LogP contribution in [0.25, 0.3) is 0 Å². The number of hydrogen-bond donors (Lipinski definition) is 3. The molecule has 0 fully saturated rings. The molecule has 0 aromatic heterocycles. The van der Waals surface area contributed by atoms with Crippen molar-refractivity contribution in [3.8, 4) is 0 Å². The first-order valence-corrected chi connectivity index (χ1v) is 24.8. The van der Waals surface area contributed by atoms with Gasteiger partial charge in [0, 0.05) is 19.4 Å². The first-order valence-electron chi connectivity index (χ1n) is 23.3. The number of ether oxygens (including phenoxy) is 1. The Morgan fingerprint density at radius 3 is 1.45 bits per heavy atom. The molecule has 58 heavy (non-hydrogen) atoms. The predicted octanol–water partition coefficient (Wildman–Crippen LogP) is 13.3. The van der Waals surface area contributed by atoms with Crippen molar-refractivity contribution in [3.63, 3.8) is 0 Å². The molecule has 0 aliphatic heterocycles. The lowest BCUT2D eigenvalue weighted by Gasteiger charge is -2.15. The van der Waals surface area contributed by atoms with Gasteiger partial charge in [0.15, 0.2) is 0 Å². The van der Waals surface area contributed by atoms with Gasteiger partial charge in [0.1, 0.15) is 12.7 Å². The van der Waals surface area contributed by atoms with E-state index >= 15 is 0 Å². The first-order chi connectivity index (χ1) is 28.3. The van der Waals surface area contributed by atoms with Crippen molar-refractivity contribution in [2.75, 3.05) is 26.4 Å². The Bertz CT molecular complexity index is 1130. The van der Waals surface area contributed by atoms with Gasteiger partial charge >= 0.3 is 13.8 Å². The standard InChI is InChI=1S/C48H86NO8P/c1-3-5-7-9-11-13-15-17-19-20-21-22-23-24-25-26-27-28-30-32-34-36-38-40-47(51)49-42-43-56-58(53,54)57-45-46(50)44-55-48(52)41-39-37-35-33-31-29-18-16-14-12-10-8-6-4-2/h10-13,16-19,21-22,46,50H,3-9,14-15,20,23-45H2,1-2H3,(H,49,51)(H,53,54)/b12-10-,13-11-,18-16-,19-17-,22-21-. The lowest BCUT2D eigenvalue weighted by atomic mass is 10.0. The van der Waals surface area contributed by atoms with Gasteiger partial charge in [0.25, 0.3) is 0 Å². The van der Waals surface area contributed by atoms with E-state index < -0.39 is 26.5 Å². The third kappa shape index (κ3) is 44.8. The molecule has 0 rings (SSSR count). The van der Waals surface area contributed by atoms with Crippen molar-refractivity contribution in [3.05, 3.63) is 60.8 Å². The zero-order valence-corrected chi connectivity index (χ0v) is 37.9. The van der Waals surface area contributed by atoms with E-state index in [4.69, 9.17) is 13.8 Å². The molecule has 10 heteroatoms. The van der Waals surface area contributed by atoms with Gasteiger partial charge in [-0.25, -0.2) is 4.57 Å². The van der Waals surface area contributed by atoms with E-state index in [1.54, 1.807) is 0 Å². The van der Waals surface area contributed by atoms with Gasteiger partial charge in [0.2, 0.25) is 5.91 Å². The molecule has 0 radical (unpaired) electrons. The van der Waals surface area contributed by atoms with E-state index in [1.807, 2.05) is 0 Å². The van der Waals surface area contributed by atoms with Crippen LogP contribution in [0, 0.1) is 0 Å². The number of aliphatic hydroxyl groups is 1. The number of rotatable bonds is 43. The van der Waals surface area contributed by atoms with E-state index in [2.05, 4.69) is 79.9 Å². The summed E-state index contributed by atoms with van der Waals surface area (Å²) in [6.45, 7) is 3.46. The van der Waals surface area contributed by atoms with Gasteiger partial charge in [-0.05, 0) is 77.0 Å². The summed E-state index contributed by atoms with van der Waals surface area (Å²) in [4.78, 5) is 33.9. The Labute approximate surface area is 355 Å². The molecular weight excluding hydrogens is 750 g/mol. The maximum Gasteiger partial charge on any atom is 0.472 e. The Kier molecular flexibility index (Phi) is 42.5. The van der Waals surface area contributed by atoms with E-state index in [0.717, 1.165) is 83.5 Å². The Morgan fingerprint density at radius 2 is 0.948 bits per heavy atom. The Hall–Kier alpha value is -2.29. The molecule has 0 bridgehead atoms. The molecule has 2 unspecified atom stereocenters. The lowest BCUT2D eigenvalue weighted by Crippen LogP contribution is -2.27. The van der Waals surface area contributed by atoms with Crippen molar-refractivity contribution in [2.45, 2.75) is 206 Å². The molecule has 0 aromatic carbocycles. The zero-order valence-electron chi connectivity index (χ0n) is 37.0. The quantitative estimate of drug-likeness (QED) is 0.0239. The molecule has 0 aliphatic carbocycles. The van der Waals surface area contributed by atoms with Crippen LogP contribution in [0.1, 0.15) is 200 Å². The largest absolute Gasteiger partial charge is 0.472 e. The number of amides is 1. The van der Waals surface area contributed by atoms with Crippen LogP contribution >= 0.6 is 7.82 Å². The molecule has 1 amide bonds. The summed E-state index contributed by atoms with van der Waals surface area (Å²) < 4.78 is 26.9. The van der Waals surface area contributed by atoms with E-state index in [1.165, 1.54) is 89.9 Å². The van der Waals surface area contributed by atoms with Crippen LogP contribution in [0.15, 0.2) is 60.8 Å². The number of hydrogen-bond acceptors (Lipinski definition) is 7. The molecule has 336 valence electrons. The number of nitrogens with one attached hydrogen (secondary N) is 1. The van der Waals surface area contributed by atoms with Gasteiger partial charge in [-0.15, -0.1) is 0 Å². The highest BCUT2D eigenvalue weighted by Crippen LogP contribution is 2.42. The summed E-state index contributed by atoms with van der Waals surface area (Å²) in [5.41, 5.74) is 0. The summed E-state index contributed by atoms with van der Waals surface area (Å²) in [5.74, 6) is -0.536. The molecule has 0 aromatic rings. The third-order valence-corrected chi connectivity index (χ3v) is 10.7. The SMILES string of the molecule is CCCC/C=C\C/C=C\CCCCCCCC(=O)OCC(O)COP(=O)(O)OCCNC(=O)CCCCCCCCCCCC/C=C\C/C=C\C/C=C\CCCCC. The summed E-state index contributed by atoms with van der Waals surface area (Å²) in [5, 5.41) is 12.7. The molecule has 0 heterocycles. The van der Waals surface area contributed by atoms with Crippen LogP contribution in [0.4, 0.5) is 0 Å². The fourth-order valence-corrected chi connectivity index (χ4v) is 6.87. The summed E-state index contributed by atoms with van der Waals surface area (Å²) in [7, 11) is -4.42. The fourth-order valence-electron chi connectivity index (χ4n) is 6.11. The second kappa shape index (κ2) is 44.3. The second-order valence-corrected chi connectivity index (χ2v) is 16.8. The Balaban J connectivity index is 3.60. The highest BCUT2D eigenvalue weighted by atomic mass is 31.2. The average Bonchev–Trinajstić information content (AvgIpc) is 3.21. The van der Waals surface area contributed by atoms with Gasteiger partial charge in [0.05, 0.1) is 13.2 Å². The van der Waals surface area contributed by atoms with Gasteiger partial charge in [-0.1, -0.05) is 171 Å². The van der Waals surface area contributed by atoms with Crippen molar-refractivity contribution < 1.29 is 37.9 Å². The normalized spacial score (nSPS) is 13.8. The van der Waals surface area contributed by atoms with Crippen LogP contribution in [0.5, 0.6) is 0 Å². The third-order valence-electron chi connectivity index (χ3n) is 9.67. The molecule has 2 atom stereocenters. The minimum absolute atomic E-state index is 0.0754. The van der Waals surface area contributed by atoms with Gasteiger partial charge < -0.3 is 20.1 Å². The number of aliphatic hydroxyl groups excluding tert-OH is 1. The molecule has 0 aliphatic rings. The summed E-state index contributed by atoms with van der Waals surface area (Å²) in [6.07, 6.45) is 52.9. The minimum atomic E-state index is -4.42. The average molecular weight is 836 g/mol. The molecule has 0 saturated carbocycles. The lowest BCUT2D eigenvalue weighted by molar-refractivity contribution is -0.147. The number of unbranched alkanes of at least 4 members (excludes halogenated alkanes) is 20. The summed E-state index contributed by atoms with van der Waals surface area (Å²) in [6, 6.07) is 0. The molecular formula is C48H86NO8P. The first kappa shape index (κ1) is 55.7. The molecule has 9 nitrogen and oxygen atoms in total. The summed E-state index contributed by atoms with van der Waals surface area (Å²) >= 11 is 0. The highest BCUT2D eigenvalue weighted by Gasteiger charge is 2.23. The number of allylic oxidation sites excluding steroid dienone is 10. The number of esters is 1. The Morgan fingerprint density at radius 1 is 0.534 bits per heavy atom. The van der Waals surface area contributed by atoms with Crippen molar-refractivity contribution in [1.29, 1.82) is 0 Å². The van der Waals surface area contributed by atoms with E-state index in [-0.39, 0.29) is 32.1 Å². The van der Waals surface area contributed by atoms with Crippen molar-refractivity contribution in [1.82, 2.24) is 5.32 Å². The highest BCUT2D eigenvalue weighted by molar-refractivity contribution is 7.47. The molecule has 3 N–H and O–H groups in total. The second-order valence-electron chi connectivity index (χ2n) is 15.4. The van der Waals surface area contributed by atoms with Crippen molar-refractivity contribution in [2.24, 2.45) is 0 Å². The maximum absolute atomic E-state index is 12.1. The number of phosphoric acid groups is 1. The molecule has 0 saturated heterocycles. The fraction of sp³-hybridized carbons (Fsp3) is 0.750. The molecule has 0 spiro atoms. The van der Waals surface area contributed by atoms with E-state index in [9.17, 15) is 24.2 Å². The van der Waals surface area contributed by atoms with Gasteiger partial charge in [-0.2, -0.15) is 0 Å². The smallest absolute Gasteiger partial charge is 0.463 e. The van der Waals surface area contributed by atoms with E-state index in [0.29, 0.717) is 6.42 Å². The minimum Gasteiger partial charge on any atom is -0.463 e. The van der Waals surface area contributed by atoms with Crippen LogP contribution < -0.4 is 5.32 Å². The topological polar surface area (TPSA) is 131 Å². The maximum atomic E-state index is 12.1. The van der Waals surface area contributed by atoms with Gasteiger partial charge in [-0.3, -0.25) is 18.6 Å². The van der Waals surface area contributed by atoms with Crippen LogP contribution in [-0.2, 0) is 27.9 Å². The number of phosphoric ester groups is 1. The van der Waals surface area contributed by atoms with Crippen LogP contribution in [-0.4, -0.2) is 54.3 Å². The van der Waals surface area contributed by atoms with Crippen molar-refractivity contribution >= 4 is 19.7 Å². The predicted molar refractivity (Wildman–Crippen MR) is 243 cm³/mol. The monoisotopic (exact) mass is 836 g/mol. The number of carbonyl (C=O) groups excluding carboxylic acids is 2.